The van der Waals surface area contributed by atoms with Crippen LogP contribution in [0.25, 0.3) is 0 Å². The van der Waals surface area contributed by atoms with Gasteiger partial charge in [0.1, 0.15) is 5.78 Å². The lowest BCUT2D eigenvalue weighted by Gasteiger charge is -2.57. The molecule has 0 saturated heterocycles. The zero-order chi connectivity index (χ0) is 63.6. The summed E-state index contributed by atoms with van der Waals surface area (Å²) in [5.41, 5.74) is -0.827. The summed E-state index contributed by atoms with van der Waals surface area (Å²) in [6, 6.07) is 0. The molecule has 0 amide bonds. The lowest BCUT2D eigenvalue weighted by Crippen LogP contribution is -2.52. The van der Waals surface area contributed by atoms with Gasteiger partial charge in [-0.3, -0.25) is 28.8 Å². The van der Waals surface area contributed by atoms with E-state index in [1.807, 2.05) is 13.8 Å². The van der Waals surface area contributed by atoms with Gasteiger partial charge in [-0.15, -0.1) is 0 Å². The molecule has 0 bridgehead atoms. The van der Waals surface area contributed by atoms with Gasteiger partial charge in [0.25, 0.3) is 0 Å². The minimum absolute atomic E-state index is 0.116. The van der Waals surface area contributed by atoms with Crippen LogP contribution in [0, 0.1) is 176 Å². The topological polar surface area (TPSA) is 176 Å². The standard InChI is InChI=1S/2C25H35FN2O2.C22H33BrO2.C3H3FN2/c2*1-24(30)7-5-16-14(10-24)3-4-18-17(16)6-8-25(2)22(18)19-9-20(19)23(25)21(29)13-28-12-15(26)11-27-28;1-21(25)7-5-13-12(10-21)3-4-15-14(13)6-8-22(2)19(15)16-9-17(16)20(22)18(24)11-23;4-3-1-5-6-2-3/h2*11-12,14,16-20,22-23,30H,3-10,13H2,1-2H3;12-17,19-20,25H,3-11H2,1-2H3;1-2H,(H,5,6)/t2*14-,16+,17-,18-,19-,20+,22-,23-,24-,25+;12-,13+,14-,15-,16-,17+,19-,20-,21-,22+;/m111./s1. The fourth-order valence-electron chi connectivity index (χ4n) is 27.6. The van der Waals surface area contributed by atoms with Crippen LogP contribution in [0.15, 0.2) is 37.2 Å². The third kappa shape index (κ3) is 11.2. The van der Waals surface area contributed by atoms with Crippen LogP contribution in [-0.2, 0) is 27.5 Å². The largest absolute Gasteiger partial charge is 0.390 e. The Labute approximate surface area is 546 Å². The normalized spacial score (nSPS) is 50.8. The number of aromatic nitrogens is 6. The number of rotatable bonds is 8. The van der Waals surface area contributed by atoms with Crippen molar-refractivity contribution in [2.45, 2.75) is 226 Å². The van der Waals surface area contributed by atoms with Crippen LogP contribution in [0.2, 0.25) is 0 Å². The average molecular weight is 1320 g/mol. The highest BCUT2D eigenvalue weighted by molar-refractivity contribution is 9.09. The van der Waals surface area contributed by atoms with Gasteiger partial charge in [-0.2, -0.15) is 15.3 Å². The van der Waals surface area contributed by atoms with Crippen molar-refractivity contribution in [3.63, 3.8) is 0 Å². The highest BCUT2D eigenvalue weighted by atomic mass is 79.9. The van der Waals surface area contributed by atoms with Gasteiger partial charge in [0.2, 0.25) is 0 Å². The number of nitrogens with one attached hydrogen (secondary N) is 1. The molecule has 3 heterocycles. The van der Waals surface area contributed by atoms with Crippen molar-refractivity contribution in [2.24, 2.45) is 158 Å². The molecule has 3 aromatic rings. The van der Waals surface area contributed by atoms with Crippen LogP contribution in [0.3, 0.4) is 0 Å². The minimum Gasteiger partial charge on any atom is -0.390 e. The number of carbonyl (C=O) groups excluding carboxylic acids is 3. The molecule has 15 aliphatic rings. The van der Waals surface area contributed by atoms with Crippen LogP contribution >= 0.6 is 15.9 Å². The summed E-state index contributed by atoms with van der Waals surface area (Å²) in [5.74, 6) is 16.3. The van der Waals surface area contributed by atoms with Crippen LogP contribution < -0.4 is 0 Å². The van der Waals surface area contributed by atoms with Crippen LogP contribution in [0.5, 0.6) is 0 Å². The third-order valence-corrected chi connectivity index (χ3v) is 31.1. The van der Waals surface area contributed by atoms with Crippen molar-refractivity contribution < 1.29 is 42.9 Å². The van der Waals surface area contributed by atoms with E-state index in [0.29, 0.717) is 58.5 Å². The number of hydrogen-bond donors (Lipinski definition) is 4. The minimum atomic E-state index is -0.463. The molecule has 3 aromatic heterocycles. The second-order valence-corrected chi connectivity index (χ2v) is 36.3. The molecule has 18 rings (SSSR count). The number of fused-ring (bicyclic) bond motifs is 21. The van der Waals surface area contributed by atoms with E-state index >= 15 is 0 Å². The molecule has 0 spiro atoms. The van der Waals surface area contributed by atoms with Crippen molar-refractivity contribution >= 4 is 33.3 Å². The highest BCUT2D eigenvalue weighted by Crippen LogP contribution is 2.78. The molecule has 0 aliphatic heterocycles. The number of carbonyl (C=O) groups is 3. The first-order valence-corrected chi connectivity index (χ1v) is 37.7. The fourth-order valence-corrected chi connectivity index (χ4v) is 28.0. The van der Waals surface area contributed by atoms with Gasteiger partial charge in [-0.1, -0.05) is 36.7 Å². The summed E-state index contributed by atoms with van der Waals surface area (Å²) in [5, 5.41) is 45.9. The highest BCUT2D eigenvalue weighted by Gasteiger charge is 2.74. The number of H-pyrrole nitrogens is 1. The number of hydrogen-bond acceptors (Lipinski definition) is 9. The van der Waals surface area contributed by atoms with Crippen molar-refractivity contribution in [3.8, 4) is 0 Å². The van der Waals surface area contributed by atoms with E-state index < -0.39 is 16.8 Å². The molecule has 15 saturated carbocycles. The molecule has 0 radical (unpaired) electrons. The molecule has 15 aliphatic carbocycles. The predicted octanol–water partition coefficient (Wildman–Crippen LogP) is 14.3. The fraction of sp³-hybridized carbons (Fsp3) is 0.840. The van der Waals surface area contributed by atoms with Gasteiger partial charge < -0.3 is 15.3 Å². The maximum absolute atomic E-state index is 13.4. The molecule has 16 heteroatoms. The molecule has 30 atom stereocenters. The van der Waals surface area contributed by atoms with Gasteiger partial charge in [0.05, 0.1) is 72.4 Å². The molecule has 0 unspecified atom stereocenters. The number of Topliss-reactive ketones (excluding diaryl/α,β-unsaturated/α-hetero) is 3. The predicted molar refractivity (Wildman–Crippen MR) is 342 cm³/mol. The second-order valence-electron chi connectivity index (χ2n) is 35.7. The Kier molecular flexibility index (Phi) is 16.3. The first kappa shape index (κ1) is 63.8. The number of aliphatic hydroxyl groups is 3. The second kappa shape index (κ2) is 23.2. The summed E-state index contributed by atoms with van der Waals surface area (Å²) < 4.78 is 41.2. The Morgan fingerprint density at radius 2 is 0.791 bits per heavy atom. The lowest BCUT2D eigenvalue weighted by atomic mass is 9.48. The maximum atomic E-state index is 13.4. The SMILES string of the molecule is C[C@@]1(O)CC[C@H]2[C@H](CC[C@@H]3[C@@H]2CC[C@@]2(C)[C@H]3[C@@H]3C[C@@H]3[C@@H]2C(=O)CBr)C1.C[C@@]1(O)CC[C@H]2[C@H](CC[C@@H]3[C@@H]2CC[C@@]2(C)[C@H]3[C@@H]3C[C@@H]3[C@@H]2C(=O)Cn2cc(F)cn2)C1.C[C@@]1(O)CC[C@H]2[C@H](CC[C@@H]3[C@@H]2CC[C@@]2(C)[C@H]3[C@@H]3C[C@@H]3[C@@H]2C(=O)Cn2cc(F)cn2)C1.Fc1cn[nH]c1. The Balaban J connectivity index is 0.000000109. The summed E-state index contributed by atoms with van der Waals surface area (Å²) in [6.45, 7) is 13.8. The number of nitrogens with zero attached hydrogens (tertiary/aromatic N) is 5. The number of alkyl halides is 1. The Hall–Kier alpha value is -3.21. The van der Waals surface area contributed by atoms with Crippen molar-refractivity contribution in [1.82, 2.24) is 29.8 Å². The molecular weight excluding hydrogens is 1220 g/mol. The van der Waals surface area contributed by atoms with Crippen LogP contribution in [-0.4, -0.2) is 84.6 Å². The number of aromatic amines is 1. The first-order chi connectivity index (χ1) is 43.3. The van der Waals surface area contributed by atoms with E-state index in [-0.39, 0.29) is 70.2 Å². The molecule has 500 valence electrons. The molecule has 0 aromatic carbocycles. The van der Waals surface area contributed by atoms with Gasteiger partial charge in [-0.25, -0.2) is 13.2 Å². The average Bonchev–Trinajstić information content (AvgIpc) is 1.55. The summed E-state index contributed by atoms with van der Waals surface area (Å²) in [7, 11) is 0. The quantitative estimate of drug-likeness (QED) is 0.160. The summed E-state index contributed by atoms with van der Waals surface area (Å²) >= 11 is 3.46. The summed E-state index contributed by atoms with van der Waals surface area (Å²) in [6.07, 6.45) is 35.8. The van der Waals surface area contributed by atoms with E-state index in [1.54, 1.807) is 0 Å². The maximum Gasteiger partial charge on any atom is 0.161 e. The third-order valence-electron chi connectivity index (χ3n) is 30.5. The smallest absolute Gasteiger partial charge is 0.161 e. The van der Waals surface area contributed by atoms with Crippen LogP contribution in [0.1, 0.15) is 196 Å². The lowest BCUT2D eigenvalue weighted by molar-refractivity contribution is -0.137. The Bertz CT molecular complexity index is 3060. The van der Waals surface area contributed by atoms with Gasteiger partial charge in [0.15, 0.2) is 29.0 Å². The monoisotopic (exact) mass is 1320 g/mol. The molecule has 15 fully saturated rings. The van der Waals surface area contributed by atoms with E-state index in [0.717, 1.165) is 140 Å². The van der Waals surface area contributed by atoms with E-state index in [1.165, 1.54) is 143 Å². The zero-order valence-corrected chi connectivity index (χ0v) is 56.8. The summed E-state index contributed by atoms with van der Waals surface area (Å²) in [4.78, 5) is 39.4. The Morgan fingerprint density at radius 3 is 1.08 bits per heavy atom. The molecular formula is C75H106BrF3N6O6. The van der Waals surface area contributed by atoms with Crippen molar-refractivity contribution in [3.05, 3.63) is 54.6 Å². The van der Waals surface area contributed by atoms with Gasteiger partial charge in [0, 0.05) is 17.8 Å². The molecule has 12 nitrogen and oxygen atoms in total. The molecule has 91 heavy (non-hydrogen) atoms. The van der Waals surface area contributed by atoms with Crippen LogP contribution in [0.4, 0.5) is 13.2 Å². The van der Waals surface area contributed by atoms with E-state index in [2.05, 4.69) is 64.0 Å². The van der Waals surface area contributed by atoms with E-state index in [4.69, 9.17) is 0 Å². The Morgan fingerprint density at radius 1 is 0.451 bits per heavy atom. The first-order valence-electron chi connectivity index (χ1n) is 36.6. The number of ketones is 3. The zero-order valence-electron chi connectivity index (χ0n) is 55.2. The van der Waals surface area contributed by atoms with Gasteiger partial charge >= 0.3 is 0 Å². The van der Waals surface area contributed by atoms with Gasteiger partial charge in [-0.05, 0) is 315 Å². The molecule has 4 N–H and O–H groups in total. The van der Waals surface area contributed by atoms with Crippen molar-refractivity contribution in [1.29, 1.82) is 0 Å². The van der Waals surface area contributed by atoms with Crippen molar-refractivity contribution in [2.75, 3.05) is 5.33 Å². The number of halogens is 4. The van der Waals surface area contributed by atoms with E-state index in [9.17, 15) is 42.9 Å².